The van der Waals surface area contributed by atoms with E-state index in [2.05, 4.69) is 26.2 Å². The number of ether oxygens (including phenoxy) is 1. The van der Waals surface area contributed by atoms with E-state index in [4.69, 9.17) is 4.74 Å². The molecule has 0 spiro atoms. The topological polar surface area (TPSA) is 60.3 Å². The van der Waals surface area contributed by atoms with E-state index in [1.165, 1.54) is 12.8 Å². The van der Waals surface area contributed by atoms with E-state index in [0.717, 1.165) is 27.0 Å². The number of carbonyl (C=O) groups excluding carboxylic acids is 1. The Kier molecular flexibility index (Phi) is 5.24. The van der Waals surface area contributed by atoms with Crippen LogP contribution in [0.3, 0.4) is 0 Å². The van der Waals surface area contributed by atoms with Gasteiger partial charge in [0.1, 0.15) is 11.3 Å². The highest BCUT2D eigenvalue weighted by molar-refractivity contribution is 9.10. The molecule has 6 nitrogen and oxygen atoms in total. The molecule has 0 radical (unpaired) electrons. The minimum atomic E-state index is -4.80. The third kappa shape index (κ3) is 4.11. The van der Waals surface area contributed by atoms with Gasteiger partial charge in [0.15, 0.2) is 0 Å². The van der Waals surface area contributed by atoms with Gasteiger partial charge in [0.2, 0.25) is 0 Å². The first-order valence-electron chi connectivity index (χ1n) is 9.33. The van der Waals surface area contributed by atoms with Gasteiger partial charge in [-0.1, -0.05) is 5.21 Å². The summed E-state index contributed by atoms with van der Waals surface area (Å²) in [6.45, 7) is 1.46. The molecule has 1 aliphatic heterocycles. The summed E-state index contributed by atoms with van der Waals surface area (Å²) in [5.74, 6) is -0.325. The summed E-state index contributed by atoms with van der Waals surface area (Å²) in [6.07, 6.45) is -1.37. The quantitative estimate of drug-likeness (QED) is 0.680. The van der Waals surface area contributed by atoms with Crippen LogP contribution >= 0.6 is 15.9 Å². The van der Waals surface area contributed by atoms with Crippen molar-refractivity contribution in [1.82, 2.24) is 19.9 Å². The van der Waals surface area contributed by atoms with Crippen molar-refractivity contribution >= 4 is 32.9 Å². The average Bonchev–Trinajstić information content (AvgIpc) is 3.39. The van der Waals surface area contributed by atoms with E-state index in [1.54, 1.807) is 0 Å². The number of hydrogen-bond donors (Lipinski definition) is 0. The fourth-order valence-electron chi connectivity index (χ4n) is 3.47. The van der Waals surface area contributed by atoms with E-state index in [0.29, 0.717) is 31.1 Å². The summed E-state index contributed by atoms with van der Waals surface area (Å²) in [4.78, 5) is 12.2. The normalized spacial score (nSPS) is 18.6. The van der Waals surface area contributed by atoms with Crippen LogP contribution in [0, 0.1) is 11.8 Å². The van der Waals surface area contributed by atoms with Crippen molar-refractivity contribution < 1.29 is 22.7 Å². The number of piperidine rings is 1. The van der Waals surface area contributed by atoms with Crippen molar-refractivity contribution in [3.63, 3.8) is 0 Å². The van der Waals surface area contributed by atoms with Crippen LogP contribution in [0.4, 0.5) is 13.2 Å². The first-order chi connectivity index (χ1) is 13.3. The summed E-state index contributed by atoms with van der Waals surface area (Å²) >= 11 is 3.53. The molecule has 2 heterocycles. The Hall–Kier alpha value is -1.84. The van der Waals surface area contributed by atoms with Crippen LogP contribution in [-0.2, 0) is 11.3 Å². The number of rotatable bonds is 5. The molecule has 4 rings (SSSR count). The number of aromatic nitrogens is 3. The molecule has 2 aromatic rings. The molecule has 152 valence electrons. The van der Waals surface area contributed by atoms with Crippen LogP contribution in [0.2, 0.25) is 0 Å². The smallest absolute Gasteiger partial charge is 0.471 e. The van der Waals surface area contributed by atoms with Crippen LogP contribution in [0.1, 0.15) is 25.7 Å². The van der Waals surface area contributed by atoms with Crippen molar-refractivity contribution in [2.24, 2.45) is 11.8 Å². The van der Waals surface area contributed by atoms with Crippen LogP contribution < -0.4 is 4.74 Å². The van der Waals surface area contributed by atoms with Gasteiger partial charge in [-0.2, -0.15) is 13.2 Å². The van der Waals surface area contributed by atoms with E-state index < -0.39 is 12.1 Å². The van der Waals surface area contributed by atoms with Gasteiger partial charge in [0, 0.05) is 19.6 Å². The summed E-state index contributed by atoms with van der Waals surface area (Å²) in [5.41, 5.74) is 1.69. The highest BCUT2D eigenvalue weighted by Gasteiger charge is 2.43. The van der Waals surface area contributed by atoms with Gasteiger partial charge >= 0.3 is 12.1 Å². The number of benzene rings is 1. The highest BCUT2D eigenvalue weighted by atomic mass is 79.9. The molecule has 1 saturated heterocycles. The number of nitrogens with zero attached hydrogens (tertiary/aromatic N) is 4. The molecule has 10 heteroatoms. The molecule has 0 bridgehead atoms. The minimum absolute atomic E-state index is 0.0993. The Morgan fingerprint density at radius 1 is 1.18 bits per heavy atom. The second-order valence-electron chi connectivity index (χ2n) is 7.50. The molecule has 0 unspecified atom stereocenters. The summed E-state index contributed by atoms with van der Waals surface area (Å²) in [5, 5.41) is 8.47. The lowest BCUT2D eigenvalue weighted by atomic mass is 9.98. The molecule has 0 N–H and O–H groups in total. The average molecular weight is 461 g/mol. The van der Waals surface area contributed by atoms with Gasteiger partial charge in [0.25, 0.3) is 0 Å². The molecular weight excluding hydrogens is 441 g/mol. The lowest BCUT2D eigenvalue weighted by Crippen LogP contribution is -2.45. The molecule has 2 fully saturated rings. The van der Waals surface area contributed by atoms with Crippen molar-refractivity contribution in [2.45, 2.75) is 38.4 Å². The van der Waals surface area contributed by atoms with Crippen molar-refractivity contribution in [3.8, 4) is 5.75 Å². The number of likely N-dealkylation sites (tertiary alicyclic amines) is 1. The van der Waals surface area contributed by atoms with Gasteiger partial charge in [-0.25, -0.2) is 4.68 Å². The molecule has 0 atom stereocenters. The maximum absolute atomic E-state index is 12.5. The third-order valence-electron chi connectivity index (χ3n) is 5.34. The van der Waals surface area contributed by atoms with Crippen molar-refractivity contribution in [2.75, 3.05) is 19.7 Å². The summed E-state index contributed by atoms with van der Waals surface area (Å²) in [7, 11) is 0. The fraction of sp³-hybridized carbons (Fsp3) is 0.611. The number of fused-ring (bicyclic) bond motifs is 1. The SMILES string of the molecule is O=C(N1CCC(COc2ccc3c(nnn3CC3CC3)c2Br)CC1)C(F)(F)F. The Morgan fingerprint density at radius 2 is 1.89 bits per heavy atom. The van der Waals surface area contributed by atoms with Gasteiger partial charge in [-0.3, -0.25) is 4.79 Å². The maximum atomic E-state index is 12.5. The number of amides is 1. The first kappa shape index (κ1) is 19.5. The minimum Gasteiger partial charge on any atom is -0.492 e. The summed E-state index contributed by atoms with van der Waals surface area (Å²) < 4.78 is 46.1. The van der Waals surface area contributed by atoms with Crippen LogP contribution in [-0.4, -0.2) is 51.7 Å². The van der Waals surface area contributed by atoms with Gasteiger partial charge in [-0.15, -0.1) is 5.10 Å². The molecule has 28 heavy (non-hydrogen) atoms. The number of alkyl halides is 3. The van der Waals surface area contributed by atoms with E-state index in [-0.39, 0.29) is 19.0 Å². The van der Waals surface area contributed by atoms with Crippen LogP contribution in [0.25, 0.3) is 11.0 Å². The Morgan fingerprint density at radius 3 is 2.54 bits per heavy atom. The Balaban J connectivity index is 1.34. The molecule has 2 aliphatic rings. The second kappa shape index (κ2) is 7.53. The van der Waals surface area contributed by atoms with Gasteiger partial charge in [-0.05, 0) is 65.6 Å². The van der Waals surface area contributed by atoms with E-state index in [1.807, 2.05) is 16.8 Å². The van der Waals surface area contributed by atoms with Crippen LogP contribution in [0.15, 0.2) is 16.6 Å². The largest absolute Gasteiger partial charge is 0.492 e. The zero-order chi connectivity index (χ0) is 19.9. The fourth-order valence-corrected chi connectivity index (χ4v) is 4.00. The lowest BCUT2D eigenvalue weighted by molar-refractivity contribution is -0.186. The molecule has 1 amide bonds. The van der Waals surface area contributed by atoms with E-state index in [9.17, 15) is 18.0 Å². The monoisotopic (exact) mass is 460 g/mol. The standard InChI is InChI=1S/C18H20BrF3N4O2/c19-15-14(4-3-13-16(15)23-24-26(13)9-11-1-2-11)28-10-12-5-7-25(8-6-12)17(27)18(20,21)22/h3-4,11-12H,1-2,5-10H2. The lowest BCUT2D eigenvalue weighted by Gasteiger charge is -2.32. The summed E-state index contributed by atoms with van der Waals surface area (Å²) in [6, 6.07) is 3.80. The van der Waals surface area contributed by atoms with Crippen LogP contribution in [0.5, 0.6) is 5.75 Å². The Labute approximate surface area is 168 Å². The molecule has 1 aromatic heterocycles. The zero-order valence-corrected chi connectivity index (χ0v) is 16.7. The maximum Gasteiger partial charge on any atom is 0.471 e. The Bertz CT molecular complexity index is 874. The van der Waals surface area contributed by atoms with Gasteiger partial charge < -0.3 is 9.64 Å². The predicted octanol–water partition coefficient (Wildman–Crippen LogP) is 3.78. The highest BCUT2D eigenvalue weighted by Crippen LogP contribution is 2.35. The molecule has 1 aromatic carbocycles. The molecular formula is C18H20BrF3N4O2. The van der Waals surface area contributed by atoms with Crippen molar-refractivity contribution in [3.05, 3.63) is 16.6 Å². The van der Waals surface area contributed by atoms with E-state index >= 15 is 0 Å². The zero-order valence-electron chi connectivity index (χ0n) is 15.1. The van der Waals surface area contributed by atoms with Crippen molar-refractivity contribution in [1.29, 1.82) is 0 Å². The first-order valence-corrected chi connectivity index (χ1v) is 10.1. The van der Waals surface area contributed by atoms with Gasteiger partial charge in [0.05, 0.1) is 16.6 Å². The molecule has 1 aliphatic carbocycles. The number of carbonyl (C=O) groups is 1. The number of halogens is 4. The second-order valence-corrected chi connectivity index (χ2v) is 8.30. The molecule has 1 saturated carbocycles. The predicted molar refractivity (Wildman–Crippen MR) is 98.8 cm³/mol. The third-order valence-corrected chi connectivity index (χ3v) is 6.10. The number of hydrogen-bond acceptors (Lipinski definition) is 4.